The Kier molecular flexibility index (Phi) is 8.00. The quantitative estimate of drug-likeness (QED) is 0.305. The van der Waals surface area contributed by atoms with E-state index >= 15 is 0 Å². The van der Waals surface area contributed by atoms with Crippen LogP contribution in [0.5, 0.6) is 0 Å². The van der Waals surface area contributed by atoms with Gasteiger partial charge < -0.3 is 16.5 Å². The molecule has 0 atom stereocenters. The van der Waals surface area contributed by atoms with Crippen molar-refractivity contribution >= 4 is 45.7 Å². The molecule has 0 spiro atoms. The van der Waals surface area contributed by atoms with E-state index in [0.717, 1.165) is 62.1 Å². The van der Waals surface area contributed by atoms with E-state index in [1.54, 1.807) is 0 Å². The molecular weight excluding hydrogens is 463 g/mol. The Labute approximate surface area is 211 Å². The van der Waals surface area contributed by atoms with Crippen molar-refractivity contribution in [3.05, 3.63) is 70.6 Å². The van der Waals surface area contributed by atoms with E-state index in [9.17, 15) is 4.39 Å². The number of fused-ring (bicyclic) bond motifs is 1. The number of nitrogens with zero attached hydrogens (tertiary/aromatic N) is 3. The van der Waals surface area contributed by atoms with Crippen molar-refractivity contribution < 1.29 is 4.39 Å². The van der Waals surface area contributed by atoms with Gasteiger partial charge in [0.2, 0.25) is 0 Å². The summed E-state index contributed by atoms with van der Waals surface area (Å²) >= 11 is 6.04. The second kappa shape index (κ2) is 11.2. The first-order valence-electron chi connectivity index (χ1n) is 11.9. The average Bonchev–Trinajstić information content (AvgIpc) is 2.86. The molecule has 3 aromatic rings. The predicted molar refractivity (Wildman–Crippen MR) is 145 cm³/mol. The van der Waals surface area contributed by atoms with Crippen LogP contribution in [0.2, 0.25) is 5.02 Å². The highest BCUT2D eigenvalue weighted by Gasteiger charge is 2.18. The van der Waals surface area contributed by atoms with Crippen LogP contribution in [0.1, 0.15) is 25.0 Å². The molecule has 0 aliphatic carbocycles. The number of piperazine rings is 1. The van der Waals surface area contributed by atoms with E-state index in [2.05, 4.69) is 33.9 Å². The van der Waals surface area contributed by atoms with Crippen molar-refractivity contribution in [2.24, 2.45) is 5.73 Å². The van der Waals surface area contributed by atoms with E-state index < -0.39 is 5.82 Å². The van der Waals surface area contributed by atoms with E-state index in [0.29, 0.717) is 22.2 Å². The van der Waals surface area contributed by atoms with Gasteiger partial charge >= 0.3 is 0 Å². The number of aromatic nitrogens is 1. The van der Waals surface area contributed by atoms with Crippen LogP contribution in [0.25, 0.3) is 22.2 Å². The van der Waals surface area contributed by atoms with Crippen LogP contribution in [-0.4, -0.2) is 66.3 Å². The number of pyridine rings is 1. The topological polar surface area (TPSA) is 81.3 Å². The monoisotopic (exact) mass is 494 g/mol. The van der Waals surface area contributed by atoms with Crippen molar-refractivity contribution in [3.8, 4) is 0 Å². The fourth-order valence-electron chi connectivity index (χ4n) is 4.42. The lowest BCUT2D eigenvalue weighted by Crippen LogP contribution is -2.49. The number of hydrogen-bond acceptors (Lipinski definition) is 6. The van der Waals surface area contributed by atoms with Gasteiger partial charge in [-0.2, -0.15) is 0 Å². The van der Waals surface area contributed by atoms with Crippen molar-refractivity contribution in [1.82, 2.24) is 14.8 Å². The van der Waals surface area contributed by atoms with Gasteiger partial charge in [0.15, 0.2) is 0 Å². The number of halogens is 2. The number of nitrogens with one attached hydrogen (secondary N) is 2. The van der Waals surface area contributed by atoms with Crippen molar-refractivity contribution in [3.63, 3.8) is 0 Å². The Bertz CT molecular complexity index is 1230. The summed E-state index contributed by atoms with van der Waals surface area (Å²) in [6, 6.07) is 12.5. The van der Waals surface area contributed by atoms with Gasteiger partial charge in [0.05, 0.1) is 23.1 Å². The summed E-state index contributed by atoms with van der Waals surface area (Å²) in [5.41, 5.74) is 9.53. The zero-order valence-corrected chi connectivity index (χ0v) is 20.9. The number of rotatable bonds is 8. The first kappa shape index (κ1) is 25.1. The van der Waals surface area contributed by atoms with Gasteiger partial charge in [-0.15, -0.1) is 0 Å². The first-order chi connectivity index (χ1) is 16.9. The van der Waals surface area contributed by atoms with Gasteiger partial charge in [0.25, 0.3) is 0 Å². The second-order valence-electron chi connectivity index (χ2n) is 9.13. The molecule has 1 fully saturated rings. The van der Waals surface area contributed by atoms with Gasteiger partial charge in [0, 0.05) is 73.1 Å². The molecular formula is C27H32ClFN6. The fraction of sp³-hybridized carbons (Fsp3) is 0.333. The van der Waals surface area contributed by atoms with Gasteiger partial charge in [-0.1, -0.05) is 17.7 Å². The molecule has 184 valence electrons. The highest BCUT2D eigenvalue weighted by Crippen LogP contribution is 2.28. The summed E-state index contributed by atoms with van der Waals surface area (Å²) in [6.07, 6.45) is 2.98. The summed E-state index contributed by atoms with van der Waals surface area (Å²) in [5, 5.41) is 12.7. The molecule has 2 heterocycles. The summed E-state index contributed by atoms with van der Waals surface area (Å²) in [6.45, 7) is 10.7. The first-order valence-corrected chi connectivity index (χ1v) is 12.3. The molecule has 1 aliphatic rings. The zero-order valence-electron chi connectivity index (χ0n) is 20.2. The predicted octanol–water partition coefficient (Wildman–Crippen LogP) is 4.94. The smallest absolute Gasteiger partial charge is 0.132 e. The summed E-state index contributed by atoms with van der Waals surface area (Å²) in [4.78, 5) is 9.56. The number of nitrogens with two attached hydrogens (primary N) is 1. The normalized spacial score (nSPS) is 15.9. The molecule has 0 amide bonds. The number of allylic oxidation sites excluding steroid dienone is 1. The molecule has 8 heteroatoms. The molecule has 1 saturated heterocycles. The Hall–Kier alpha value is -3.00. The molecule has 4 N–H and O–H groups in total. The molecule has 0 radical (unpaired) electrons. The minimum absolute atomic E-state index is 0.166. The lowest BCUT2D eigenvalue weighted by atomic mass is 9.98. The largest absolute Gasteiger partial charge is 0.398 e. The Morgan fingerprint density at radius 2 is 1.94 bits per heavy atom. The molecule has 1 aliphatic heterocycles. The SMILES string of the molecule is CC(C)N1CCN(CCNc2cnc3ccc(C(C=N)=C(N)c4cc(Cl)ccc4F)cc3c2)CC1. The van der Waals surface area contributed by atoms with Gasteiger partial charge in [-0.3, -0.25) is 14.8 Å². The van der Waals surface area contributed by atoms with Gasteiger partial charge in [-0.05, 0) is 55.8 Å². The van der Waals surface area contributed by atoms with Crippen LogP contribution in [0, 0.1) is 11.2 Å². The minimum atomic E-state index is -0.481. The molecule has 2 aromatic carbocycles. The fourth-order valence-corrected chi connectivity index (χ4v) is 4.60. The van der Waals surface area contributed by atoms with E-state index in [1.807, 2.05) is 30.5 Å². The van der Waals surface area contributed by atoms with Crippen molar-refractivity contribution in [2.75, 3.05) is 44.6 Å². The molecule has 0 bridgehead atoms. The van der Waals surface area contributed by atoms with Gasteiger partial charge in [-0.25, -0.2) is 4.39 Å². The van der Waals surface area contributed by atoms with E-state index in [4.69, 9.17) is 22.7 Å². The van der Waals surface area contributed by atoms with Crippen LogP contribution in [-0.2, 0) is 0 Å². The molecule has 0 saturated carbocycles. The Balaban J connectivity index is 1.49. The van der Waals surface area contributed by atoms with E-state index in [1.165, 1.54) is 18.2 Å². The summed E-state index contributed by atoms with van der Waals surface area (Å²) in [5.74, 6) is -0.481. The number of anilines is 1. The van der Waals surface area contributed by atoms with Crippen molar-refractivity contribution in [1.29, 1.82) is 5.41 Å². The van der Waals surface area contributed by atoms with Crippen LogP contribution >= 0.6 is 11.6 Å². The lowest BCUT2D eigenvalue weighted by molar-refractivity contribution is 0.111. The minimum Gasteiger partial charge on any atom is -0.398 e. The third kappa shape index (κ3) is 5.99. The standard InChI is InChI=1S/C27H32ClFN6/c1-18(2)35-11-9-34(10-12-35)8-7-32-22-14-20-13-19(3-6-26(20)33-17-22)24(16-30)27(31)23-15-21(28)4-5-25(23)29/h3-6,13-18,30,32H,7-12,31H2,1-2H3. The molecule has 35 heavy (non-hydrogen) atoms. The van der Waals surface area contributed by atoms with E-state index in [-0.39, 0.29) is 11.3 Å². The summed E-state index contributed by atoms with van der Waals surface area (Å²) < 4.78 is 14.4. The average molecular weight is 495 g/mol. The molecule has 0 unspecified atom stereocenters. The maximum Gasteiger partial charge on any atom is 0.132 e. The maximum atomic E-state index is 14.4. The number of benzene rings is 2. The third-order valence-corrected chi connectivity index (χ3v) is 6.77. The third-order valence-electron chi connectivity index (χ3n) is 6.54. The lowest BCUT2D eigenvalue weighted by Gasteiger charge is -2.36. The van der Waals surface area contributed by atoms with Gasteiger partial charge in [0.1, 0.15) is 5.82 Å². The number of hydrogen-bond donors (Lipinski definition) is 3. The molecule has 4 rings (SSSR count). The van der Waals surface area contributed by atoms with Crippen LogP contribution < -0.4 is 11.1 Å². The van der Waals surface area contributed by atoms with Crippen LogP contribution in [0.15, 0.2) is 48.7 Å². The molecule has 1 aromatic heterocycles. The van der Waals surface area contributed by atoms with Crippen LogP contribution in [0.3, 0.4) is 0 Å². The summed E-state index contributed by atoms with van der Waals surface area (Å²) in [7, 11) is 0. The highest BCUT2D eigenvalue weighted by atomic mass is 35.5. The molecule has 6 nitrogen and oxygen atoms in total. The zero-order chi connectivity index (χ0) is 24.9. The second-order valence-corrected chi connectivity index (χ2v) is 9.56. The Morgan fingerprint density at radius 1 is 1.17 bits per heavy atom. The van der Waals surface area contributed by atoms with Crippen LogP contribution in [0.4, 0.5) is 10.1 Å². The maximum absolute atomic E-state index is 14.4. The van der Waals surface area contributed by atoms with Crippen molar-refractivity contribution in [2.45, 2.75) is 19.9 Å². The Morgan fingerprint density at radius 3 is 2.66 bits per heavy atom. The highest BCUT2D eigenvalue weighted by molar-refractivity contribution is 6.31.